The highest BCUT2D eigenvalue weighted by Crippen LogP contribution is 2.62. The second-order valence-electron chi connectivity index (χ2n) is 12.3. The first-order valence-corrected chi connectivity index (χ1v) is 13.8. The van der Waals surface area contributed by atoms with E-state index in [-0.39, 0.29) is 5.91 Å². The molecule has 0 atom stereocenters. The molecule has 2 aliphatic heterocycles. The molecule has 7 nitrogen and oxygen atoms in total. The number of piperazine rings is 1. The van der Waals surface area contributed by atoms with Gasteiger partial charge in [0.2, 0.25) is 11.6 Å². The molecule has 0 aromatic heterocycles. The van der Waals surface area contributed by atoms with Gasteiger partial charge in [-0.05, 0) is 87.4 Å². The summed E-state index contributed by atoms with van der Waals surface area (Å²) in [5, 5.41) is 0. The Morgan fingerprint density at radius 1 is 0.800 bits per heavy atom. The predicted octanol–water partition coefficient (Wildman–Crippen LogP) is 4.49. The van der Waals surface area contributed by atoms with Gasteiger partial charge in [-0.1, -0.05) is 12.1 Å². The third-order valence-corrected chi connectivity index (χ3v) is 10.1. The number of likely N-dealkylation sites (N-methyl/N-ethyl adjacent to an activating group) is 1. The molecular weight excluding hydrogens is 444 g/mol. The molecule has 1 aromatic rings. The highest BCUT2D eigenvalue weighted by molar-refractivity contribution is 5.94. The molecule has 7 fully saturated rings. The molecule has 2 heterocycles. The van der Waals surface area contributed by atoms with Crippen LogP contribution in [0.3, 0.4) is 0 Å². The summed E-state index contributed by atoms with van der Waals surface area (Å²) in [6.07, 6.45) is 9.51. The van der Waals surface area contributed by atoms with Crippen LogP contribution in [0.25, 0.3) is 0 Å². The fourth-order valence-corrected chi connectivity index (χ4v) is 8.07. The van der Waals surface area contributed by atoms with Crippen molar-refractivity contribution in [2.75, 3.05) is 33.2 Å². The third kappa shape index (κ3) is 3.86. The van der Waals surface area contributed by atoms with E-state index >= 15 is 0 Å². The van der Waals surface area contributed by atoms with Gasteiger partial charge < -0.3 is 9.80 Å². The summed E-state index contributed by atoms with van der Waals surface area (Å²) in [6, 6.07) is 8.25. The maximum Gasteiger partial charge on any atom is 0.253 e. The second kappa shape index (κ2) is 8.52. The summed E-state index contributed by atoms with van der Waals surface area (Å²) in [6.45, 7) is 3.48. The molecule has 1 aromatic carbocycles. The molecule has 0 unspecified atom stereocenters. The summed E-state index contributed by atoms with van der Waals surface area (Å²) < 4.78 is 0. The van der Waals surface area contributed by atoms with Crippen molar-refractivity contribution >= 4 is 5.91 Å². The van der Waals surface area contributed by atoms with Gasteiger partial charge in [0.15, 0.2) is 0 Å². The number of benzene rings is 1. The van der Waals surface area contributed by atoms with E-state index in [4.69, 9.17) is 19.6 Å². The molecule has 2 spiro atoms. The van der Waals surface area contributed by atoms with Crippen LogP contribution < -0.4 is 0 Å². The van der Waals surface area contributed by atoms with Gasteiger partial charge in [0.05, 0.1) is 0 Å². The molecule has 5 saturated carbocycles. The summed E-state index contributed by atoms with van der Waals surface area (Å²) >= 11 is 0. The number of rotatable bonds is 2. The third-order valence-electron chi connectivity index (χ3n) is 10.1. The quantitative estimate of drug-likeness (QED) is 0.579. The average Bonchev–Trinajstić information content (AvgIpc) is 2.89. The van der Waals surface area contributed by atoms with Crippen LogP contribution in [0.4, 0.5) is 0 Å². The lowest BCUT2D eigenvalue weighted by Gasteiger charge is -2.60. The summed E-state index contributed by atoms with van der Waals surface area (Å²) in [5.74, 6) is 1.59. The SMILES string of the molecule is CN1CCN(C(=O)c2ccc(C3CCC4(CC3)OOC3(OO4)C4CC5CC(C4)CC3C5)cc2)CC1. The van der Waals surface area contributed by atoms with E-state index in [1.165, 1.54) is 37.7 Å². The molecular formula is C28H38N2O5. The Hall–Kier alpha value is -1.51. The fourth-order valence-electron chi connectivity index (χ4n) is 8.07. The van der Waals surface area contributed by atoms with Crippen LogP contribution in [0.5, 0.6) is 0 Å². The van der Waals surface area contributed by atoms with Crippen LogP contribution in [0.2, 0.25) is 0 Å². The molecule has 7 heteroatoms. The molecule has 4 bridgehead atoms. The Balaban J connectivity index is 0.954. The Bertz CT molecular complexity index is 909. The molecule has 2 saturated heterocycles. The second-order valence-corrected chi connectivity index (χ2v) is 12.3. The Morgan fingerprint density at radius 3 is 1.94 bits per heavy atom. The van der Waals surface area contributed by atoms with Crippen molar-refractivity contribution in [2.45, 2.75) is 75.3 Å². The summed E-state index contributed by atoms with van der Waals surface area (Å²) in [5.41, 5.74) is 2.07. The molecule has 0 radical (unpaired) electrons. The van der Waals surface area contributed by atoms with Gasteiger partial charge in [-0.2, -0.15) is 19.6 Å². The van der Waals surface area contributed by atoms with E-state index < -0.39 is 11.6 Å². The molecule has 190 valence electrons. The van der Waals surface area contributed by atoms with Crippen LogP contribution >= 0.6 is 0 Å². The molecule has 0 N–H and O–H groups in total. The van der Waals surface area contributed by atoms with Gasteiger partial charge in [0, 0.05) is 56.4 Å². The van der Waals surface area contributed by atoms with E-state index in [1.54, 1.807) is 0 Å². The summed E-state index contributed by atoms with van der Waals surface area (Å²) in [4.78, 5) is 41.7. The lowest BCUT2D eigenvalue weighted by molar-refractivity contribution is -0.680. The number of nitrogens with zero attached hydrogens (tertiary/aromatic N) is 2. The van der Waals surface area contributed by atoms with E-state index in [9.17, 15) is 4.79 Å². The maximum absolute atomic E-state index is 12.9. The van der Waals surface area contributed by atoms with Gasteiger partial charge >= 0.3 is 0 Å². The number of carbonyl (C=O) groups is 1. The molecule has 35 heavy (non-hydrogen) atoms. The Labute approximate surface area is 207 Å². The summed E-state index contributed by atoms with van der Waals surface area (Å²) in [7, 11) is 2.10. The van der Waals surface area contributed by atoms with Crippen LogP contribution in [0.1, 0.15) is 79.6 Å². The van der Waals surface area contributed by atoms with Crippen LogP contribution in [0.15, 0.2) is 24.3 Å². The van der Waals surface area contributed by atoms with Crippen LogP contribution in [-0.2, 0) is 19.6 Å². The van der Waals surface area contributed by atoms with Gasteiger partial charge in [-0.25, -0.2) is 0 Å². The Kier molecular flexibility index (Phi) is 5.52. The van der Waals surface area contributed by atoms with Gasteiger partial charge in [0.1, 0.15) is 0 Å². The topological polar surface area (TPSA) is 60.5 Å². The van der Waals surface area contributed by atoms with Crippen molar-refractivity contribution in [1.82, 2.24) is 9.80 Å². The van der Waals surface area contributed by atoms with Crippen molar-refractivity contribution in [3.05, 3.63) is 35.4 Å². The minimum absolute atomic E-state index is 0.143. The minimum atomic E-state index is -0.784. The molecule has 8 rings (SSSR count). The van der Waals surface area contributed by atoms with E-state index in [0.717, 1.165) is 69.3 Å². The average molecular weight is 483 g/mol. The monoisotopic (exact) mass is 482 g/mol. The first-order chi connectivity index (χ1) is 17.0. The number of hydrogen-bond donors (Lipinski definition) is 0. The predicted molar refractivity (Wildman–Crippen MR) is 128 cm³/mol. The zero-order valence-corrected chi connectivity index (χ0v) is 20.8. The number of hydrogen-bond acceptors (Lipinski definition) is 6. The first kappa shape index (κ1) is 22.7. The van der Waals surface area contributed by atoms with Gasteiger partial charge in [-0.3, -0.25) is 4.79 Å². The first-order valence-electron chi connectivity index (χ1n) is 13.8. The standard InChI is InChI=1S/C28H38N2O5/c1-29-10-12-30(13-11-29)26(31)23-4-2-21(3-5-23)22-6-8-27(9-7-22)32-34-28(35-33-27)24-15-19-14-20(17-24)18-25(28)16-19/h2-5,19-20,22,24-25H,6-18H2,1H3. The maximum atomic E-state index is 12.9. The smallest absolute Gasteiger partial charge is 0.253 e. The number of amides is 1. The van der Waals surface area contributed by atoms with Crippen LogP contribution in [-0.4, -0.2) is 60.5 Å². The fraction of sp³-hybridized carbons (Fsp3) is 0.750. The minimum Gasteiger partial charge on any atom is -0.336 e. The lowest BCUT2D eigenvalue weighted by atomic mass is 9.53. The normalized spacial score (nSPS) is 43.2. The van der Waals surface area contributed by atoms with E-state index in [1.807, 2.05) is 17.0 Å². The highest BCUT2D eigenvalue weighted by atomic mass is 17.4. The Morgan fingerprint density at radius 2 is 1.37 bits per heavy atom. The van der Waals surface area contributed by atoms with E-state index in [0.29, 0.717) is 17.8 Å². The molecule has 7 aliphatic rings. The molecule has 5 aliphatic carbocycles. The largest absolute Gasteiger partial charge is 0.336 e. The molecule has 1 amide bonds. The van der Waals surface area contributed by atoms with Crippen molar-refractivity contribution < 1.29 is 24.3 Å². The number of carbonyl (C=O) groups excluding carboxylic acids is 1. The van der Waals surface area contributed by atoms with Crippen molar-refractivity contribution in [1.29, 1.82) is 0 Å². The zero-order chi connectivity index (χ0) is 23.6. The van der Waals surface area contributed by atoms with Gasteiger partial charge in [-0.15, -0.1) is 0 Å². The van der Waals surface area contributed by atoms with Gasteiger partial charge in [0.25, 0.3) is 5.91 Å². The van der Waals surface area contributed by atoms with Crippen molar-refractivity contribution in [2.24, 2.45) is 23.7 Å². The van der Waals surface area contributed by atoms with Crippen molar-refractivity contribution in [3.63, 3.8) is 0 Å². The zero-order valence-electron chi connectivity index (χ0n) is 20.8. The lowest BCUT2D eigenvalue weighted by Crippen LogP contribution is -2.64. The highest BCUT2D eigenvalue weighted by Gasteiger charge is 2.64. The van der Waals surface area contributed by atoms with Crippen LogP contribution in [0, 0.1) is 23.7 Å². The van der Waals surface area contributed by atoms with Crippen molar-refractivity contribution in [3.8, 4) is 0 Å². The van der Waals surface area contributed by atoms with E-state index in [2.05, 4.69) is 24.1 Å².